The molecule has 5 atom stereocenters. The number of aliphatic hydroxyl groups is 1. The van der Waals surface area contributed by atoms with Gasteiger partial charge in [-0.3, -0.25) is 9.59 Å². The Kier molecular flexibility index (Phi) is 5.82. The quantitative estimate of drug-likeness (QED) is 0.692. The minimum atomic E-state index is -0.319. The molecule has 3 nitrogen and oxygen atoms in total. The SMILES string of the molecule is CC12CCC(=O)C=C1CCC1C2=CCC2(C)C(C(=O)CO)CCC12.CCC. The largest absolute Gasteiger partial charge is 0.389 e. The molecule has 0 heterocycles. The van der Waals surface area contributed by atoms with Crippen LogP contribution in [0.25, 0.3) is 0 Å². The van der Waals surface area contributed by atoms with Gasteiger partial charge in [0.15, 0.2) is 11.6 Å². The number of hydrogen-bond acceptors (Lipinski definition) is 3. The predicted molar refractivity (Wildman–Crippen MR) is 108 cm³/mol. The van der Waals surface area contributed by atoms with Crippen LogP contribution < -0.4 is 0 Å². The van der Waals surface area contributed by atoms with Gasteiger partial charge in [0, 0.05) is 17.8 Å². The summed E-state index contributed by atoms with van der Waals surface area (Å²) in [5.74, 6) is 1.44. The lowest BCUT2D eigenvalue weighted by Gasteiger charge is -2.53. The molecule has 4 rings (SSSR count). The van der Waals surface area contributed by atoms with Gasteiger partial charge in [-0.15, -0.1) is 0 Å². The zero-order valence-electron chi connectivity index (χ0n) is 17.5. The fraction of sp³-hybridized carbons (Fsp3) is 0.750. The summed E-state index contributed by atoms with van der Waals surface area (Å²) in [6.07, 6.45) is 12.3. The van der Waals surface area contributed by atoms with Crippen LogP contribution in [0, 0.1) is 28.6 Å². The first-order valence-electron chi connectivity index (χ1n) is 10.9. The third kappa shape index (κ3) is 3.26. The first-order valence-corrected chi connectivity index (χ1v) is 10.9. The van der Waals surface area contributed by atoms with E-state index >= 15 is 0 Å². The van der Waals surface area contributed by atoms with Crippen LogP contribution in [0.1, 0.15) is 79.1 Å². The minimum absolute atomic E-state index is 0.00996. The number of allylic oxidation sites excluding steroid dienone is 4. The molecule has 0 aromatic carbocycles. The lowest BCUT2D eigenvalue weighted by Crippen LogP contribution is -2.45. The Balaban J connectivity index is 0.000000659. The third-order valence-corrected chi connectivity index (χ3v) is 7.88. The number of carbonyl (C=O) groups is 2. The van der Waals surface area contributed by atoms with Crippen LogP contribution in [0.5, 0.6) is 0 Å². The number of Topliss-reactive ketones (excluding diaryl/α,β-unsaturated/α-hetero) is 1. The van der Waals surface area contributed by atoms with Crippen LogP contribution in [0.15, 0.2) is 23.3 Å². The fourth-order valence-corrected chi connectivity index (χ4v) is 6.49. The smallest absolute Gasteiger partial charge is 0.161 e. The zero-order chi connectivity index (χ0) is 19.8. The van der Waals surface area contributed by atoms with Gasteiger partial charge in [-0.05, 0) is 61.9 Å². The van der Waals surface area contributed by atoms with Gasteiger partial charge in [0.25, 0.3) is 0 Å². The van der Waals surface area contributed by atoms with E-state index in [1.54, 1.807) is 5.57 Å². The van der Waals surface area contributed by atoms with Crippen LogP contribution in [0.2, 0.25) is 0 Å². The van der Waals surface area contributed by atoms with Gasteiger partial charge in [0.05, 0.1) is 0 Å². The van der Waals surface area contributed by atoms with Gasteiger partial charge in [-0.25, -0.2) is 0 Å². The molecule has 0 spiro atoms. The molecule has 0 amide bonds. The lowest BCUT2D eigenvalue weighted by atomic mass is 9.51. The molecule has 0 aliphatic heterocycles. The Labute approximate surface area is 164 Å². The molecule has 0 aromatic heterocycles. The molecule has 0 aromatic rings. The number of hydrogen-bond donors (Lipinski definition) is 1. The Bertz CT molecular complexity index is 673. The summed E-state index contributed by atoms with van der Waals surface area (Å²) in [7, 11) is 0. The van der Waals surface area contributed by atoms with Crippen molar-refractivity contribution in [2.24, 2.45) is 28.6 Å². The van der Waals surface area contributed by atoms with Crippen LogP contribution in [0.3, 0.4) is 0 Å². The number of carbonyl (C=O) groups excluding carboxylic acids is 2. The van der Waals surface area contributed by atoms with E-state index in [1.165, 1.54) is 12.0 Å². The van der Waals surface area contributed by atoms with Gasteiger partial charge in [0.1, 0.15) is 6.61 Å². The van der Waals surface area contributed by atoms with E-state index in [0.717, 1.165) is 38.5 Å². The summed E-state index contributed by atoms with van der Waals surface area (Å²) >= 11 is 0. The summed E-state index contributed by atoms with van der Waals surface area (Å²) in [4.78, 5) is 24.1. The van der Waals surface area contributed by atoms with Crippen LogP contribution in [-0.2, 0) is 9.59 Å². The second kappa shape index (κ2) is 7.66. The second-order valence-electron chi connectivity index (χ2n) is 9.55. The molecule has 2 saturated carbocycles. The molecule has 0 radical (unpaired) electrons. The molecule has 1 N–H and O–H groups in total. The Hall–Kier alpha value is -1.22. The average Bonchev–Trinajstić information content (AvgIpc) is 2.99. The molecular formula is C24H36O3. The normalized spacial score (nSPS) is 39.9. The van der Waals surface area contributed by atoms with Gasteiger partial charge in [0.2, 0.25) is 0 Å². The van der Waals surface area contributed by atoms with Gasteiger partial charge >= 0.3 is 0 Å². The zero-order valence-corrected chi connectivity index (χ0v) is 17.5. The molecular weight excluding hydrogens is 336 g/mol. The standard InChI is InChI=1S/C21H28O3.C3H8/c1-20-9-7-14(23)11-13(20)3-4-15-16-5-6-18(19(24)12-22)21(16,2)10-8-17(15)20;1-3-2/h8,11,15-16,18,22H,3-7,9-10,12H2,1-2H3;3H2,1-2H3. The van der Waals surface area contributed by atoms with Gasteiger partial charge in [-0.1, -0.05) is 51.3 Å². The highest BCUT2D eigenvalue weighted by atomic mass is 16.3. The van der Waals surface area contributed by atoms with E-state index in [4.69, 9.17) is 0 Å². The summed E-state index contributed by atoms with van der Waals surface area (Å²) in [5, 5.41) is 9.35. The van der Waals surface area contributed by atoms with Crippen molar-refractivity contribution >= 4 is 11.6 Å². The molecule has 150 valence electrons. The number of rotatable bonds is 2. The molecule has 0 saturated heterocycles. The molecule has 2 fully saturated rings. The minimum Gasteiger partial charge on any atom is -0.389 e. The molecule has 4 aliphatic carbocycles. The summed E-state index contributed by atoms with van der Waals surface area (Å²) < 4.78 is 0. The van der Waals surface area contributed by atoms with Gasteiger partial charge < -0.3 is 5.11 Å². The summed E-state index contributed by atoms with van der Waals surface area (Å²) in [6.45, 7) is 8.53. The number of fused-ring (bicyclic) bond motifs is 5. The fourth-order valence-electron chi connectivity index (χ4n) is 6.49. The van der Waals surface area contributed by atoms with Crippen molar-refractivity contribution in [3.63, 3.8) is 0 Å². The first kappa shape index (κ1) is 20.5. The molecule has 4 aliphatic rings. The highest BCUT2D eigenvalue weighted by molar-refractivity contribution is 5.92. The summed E-state index contributed by atoms with van der Waals surface area (Å²) in [6, 6.07) is 0. The third-order valence-electron chi connectivity index (χ3n) is 7.88. The molecule has 5 unspecified atom stereocenters. The van der Waals surface area contributed by atoms with Crippen molar-refractivity contribution in [1.29, 1.82) is 0 Å². The van der Waals surface area contributed by atoms with Crippen LogP contribution >= 0.6 is 0 Å². The summed E-state index contributed by atoms with van der Waals surface area (Å²) in [5.41, 5.74) is 2.96. The van der Waals surface area contributed by atoms with E-state index in [-0.39, 0.29) is 34.9 Å². The van der Waals surface area contributed by atoms with Crippen LogP contribution in [-0.4, -0.2) is 23.3 Å². The van der Waals surface area contributed by atoms with Crippen molar-refractivity contribution in [1.82, 2.24) is 0 Å². The second-order valence-corrected chi connectivity index (χ2v) is 9.55. The van der Waals surface area contributed by atoms with Gasteiger partial charge in [-0.2, -0.15) is 0 Å². The topological polar surface area (TPSA) is 54.4 Å². The maximum absolute atomic E-state index is 12.2. The molecule has 27 heavy (non-hydrogen) atoms. The maximum Gasteiger partial charge on any atom is 0.161 e. The van der Waals surface area contributed by atoms with Crippen molar-refractivity contribution in [2.75, 3.05) is 6.61 Å². The Morgan fingerprint density at radius 1 is 1.19 bits per heavy atom. The highest BCUT2D eigenvalue weighted by Crippen LogP contribution is 2.64. The van der Waals surface area contributed by atoms with Crippen molar-refractivity contribution < 1.29 is 14.7 Å². The highest BCUT2D eigenvalue weighted by Gasteiger charge is 2.57. The first-order chi connectivity index (χ1) is 12.8. The predicted octanol–water partition coefficient (Wildman–Crippen LogP) is 5.03. The average molecular weight is 373 g/mol. The van der Waals surface area contributed by atoms with E-state index in [9.17, 15) is 14.7 Å². The lowest BCUT2D eigenvalue weighted by molar-refractivity contribution is -0.129. The van der Waals surface area contributed by atoms with E-state index in [0.29, 0.717) is 18.3 Å². The Morgan fingerprint density at radius 2 is 1.89 bits per heavy atom. The number of ketones is 2. The van der Waals surface area contributed by atoms with E-state index < -0.39 is 0 Å². The number of aliphatic hydroxyl groups excluding tert-OH is 1. The van der Waals surface area contributed by atoms with E-state index in [1.807, 2.05) is 6.08 Å². The Morgan fingerprint density at radius 3 is 2.56 bits per heavy atom. The monoisotopic (exact) mass is 372 g/mol. The maximum atomic E-state index is 12.2. The van der Waals surface area contributed by atoms with E-state index in [2.05, 4.69) is 33.8 Å². The van der Waals surface area contributed by atoms with Crippen LogP contribution in [0.4, 0.5) is 0 Å². The van der Waals surface area contributed by atoms with Crippen molar-refractivity contribution in [2.45, 2.75) is 79.1 Å². The van der Waals surface area contributed by atoms with Crippen molar-refractivity contribution in [3.8, 4) is 0 Å². The molecule has 0 bridgehead atoms. The van der Waals surface area contributed by atoms with Crippen molar-refractivity contribution in [3.05, 3.63) is 23.3 Å². The molecule has 3 heteroatoms.